The highest BCUT2D eigenvalue weighted by atomic mass is 32.2. The molecule has 0 aliphatic heterocycles. The van der Waals surface area contributed by atoms with E-state index in [1.165, 1.54) is 0 Å². The summed E-state index contributed by atoms with van der Waals surface area (Å²) in [6.07, 6.45) is 1.88. The summed E-state index contributed by atoms with van der Waals surface area (Å²) in [5.41, 5.74) is 0.822. The van der Waals surface area contributed by atoms with Crippen LogP contribution in [-0.4, -0.2) is 26.0 Å². The Labute approximate surface area is 124 Å². The van der Waals surface area contributed by atoms with Gasteiger partial charge in [0.2, 0.25) is 10.0 Å². The summed E-state index contributed by atoms with van der Waals surface area (Å²) in [6, 6.07) is 8.54. The molecular weight excluding hydrogens is 292 g/mol. The van der Waals surface area contributed by atoms with E-state index in [9.17, 15) is 13.2 Å². The van der Waals surface area contributed by atoms with Gasteiger partial charge in [-0.05, 0) is 24.5 Å². The summed E-state index contributed by atoms with van der Waals surface area (Å²) in [6.45, 7) is 0.274. The van der Waals surface area contributed by atoms with Crippen LogP contribution in [0, 0.1) is 11.3 Å². The maximum absolute atomic E-state index is 11.9. The molecule has 2 N–H and O–H groups in total. The number of hydrogen-bond acceptors (Lipinski definition) is 4. The molecule has 0 unspecified atom stereocenters. The van der Waals surface area contributed by atoms with Crippen LogP contribution in [0.4, 0.5) is 0 Å². The minimum Gasteiger partial charge on any atom is -0.481 e. The van der Waals surface area contributed by atoms with Gasteiger partial charge in [0.25, 0.3) is 0 Å². The van der Waals surface area contributed by atoms with Crippen LogP contribution < -0.4 is 4.72 Å². The maximum Gasteiger partial charge on any atom is 0.303 e. The number of unbranched alkanes of at least 4 members (excludes halogenated alkanes) is 2. The number of carboxylic acid groups (broad SMARTS) is 1. The van der Waals surface area contributed by atoms with Gasteiger partial charge in [0, 0.05) is 13.0 Å². The first-order chi connectivity index (χ1) is 9.94. The van der Waals surface area contributed by atoms with Gasteiger partial charge in [0.15, 0.2) is 0 Å². The van der Waals surface area contributed by atoms with Crippen molar-refractivity contribution in [1.29, 1.82) is 5.26 Å². The molecule has 0 heterocycles. The molecule has 0 aliphatic rings. The van der Waals surface area contributed by atoms with E-state index in [4.69, 9.17) is 10.4 Å². The zero-order valence-electron chi connectivity index (χ0n) is 11.6. The summed E-state index contributed by atoms with van der Waals surface area (Å²) < 4.78 is 26.3. The molecule has 0 fully saturated rings. The standard InChI is InChI=1S/C14H18N2O4S/c15-10-12-6-3-4-7-13(12)11-21(19,20)16-9-5-1-2-8-14(17)18/h3-4,6-7,16H,1-2,5,8-9,11H2,(H,17,18). The maximum atomic E-state index is 11.9. The second-order valence-corrected chi connectivity index (χ2v) is 6.43. The number of benzene rings is 1. The molecular formula is C14H18N2O4S. The molecule has 0 aromatic heterocycles. The van der Waals surface area contributed by atoms with Crippen molar-refractivity contribution >= 4 is 16.0 Å². The fourth-order valence-electron chi connectivity index (χ4n) is 1.82. The topological polar surface area (TPSA) is 107 Å². The van der Waals surface area contributed by atoms with E-state index >= 15 is 0 Å². The van der Waals surface area contributed by atoms with E-state index in [0.717, 1.165) is 0 Å². The molecule has 7 heteroatoms. The van der Waals surface area contributed by atoms with Gasteiger partial charge in [-0.15, -0.1) is 0 Å². The Morgan fingerprint density at radius 1 is 1.24 bits per heavy atom. The van der Waals surface area contributed by atoms with Crippen LogP contribution >= 0.6 is 0 Å². The number of hydrogen-bond donors (Lipinski definition) is 2. The summed E-state index contributed by atoms with van der Waals surface area (Å²) in [4.78, 5) is 10.3. The van der Waals surface area contributed by atoms with Crippen LogP contribution in [0.5, 0.6) is 0 Å². The summed E-state index contributed by atoms with van der Waals surface area (Å²) >= 11 is 0. The molecule has 1 rings (SSSR count). The van der Waals surface area contributed by atoms with Gasteiger partial charge in [-0.2, -0.15) is 5.26 Å². The van der Waals surface area contributed by atoms with Gasteiger partial charge in [-0.25, -0.2) is 13.1 Å². The van der Waals surface area contributed by atoms with Gasteiger partial charge >= 0.3 is 5.97 Å². The second kappa shape index (κ2) is 8.39. The van der Waals surface area contributed by atoms with E-state index in [0.29, 0.717) is 30.4 Å². The largest absolute Gasteiger partial charge is 0.481 e. The molecule has 1 aromatic carbocycles. The molecule has 0 saturated carbocycles. The van der Waals surface area contributed by atoms with Crippen molar-refractivity contribution in [3.8, 4) is 6.07 Å². The average molecular weight is 310 g/mol. The van der Waals surface area contributed by atoms with Crippen molar-refractivity contribution in [2.24, 2.45) is 0 Å². The number of carboxylic acids is 1. The van der Waals surface area contributed by atoms with Gasteiger partial charge in [0.1, 0.15) is 0 Å². The highest BCUT2D eigenvalue weighted by molar-refractivity contribution is 7.88. The third-order valence-electron chi connectivity index (χ3n) is 2.87. The lowest BCUT2D eigenvalue weighted by atomic mass is 10.1. The van der Waals surface area contributed by atoms with Crippen molar-refractivity contribution in [1.82, 2.24) is 4.72 Å². The molecule has 21 heavy (non-hydrogen) atoms. The van der Waals surface area contributed by atoms with Crippen LogP contribution in [-0.2, 0) is 20.6 Å². The van der Waals surface area contributed by atoms with Crippen molar-refractivity contribution in [2.75, 3.05) is 6.54 Å². The predicted molar refractivity (Wildman–Crippen MR) is 77.9 cm³/mol. The normalized spacial score (nSPS) is 11.0. The molecule has 1 aromatic rings. The van der Waals surface area contributed by atoms with Crippen LogP contribution in [0.1, 0.15) is 36.8 Å². The molecule has 0 radical (unpaired) electrons. The van der Waals surface area contributed by atoms with E-state index in [-0.39, 0.29) is 18.7 Å². The van der Waals surface area contributed by atoms with Gasteiger partial charge in [-0.1, -0.05) is 24.6 Å². The first kappa shape index (κ1) is 17.1. The van der Waals surface area contributed by atoms with Crippen LogP contribution in [0.3, 0.4) is 0 Å². The number of sulfonamides is 1. The monoisotopic (exact) mass is 310 g/mol. The van der Waals surface area contributed by atoms with Crippen LogP contribution in [0.2, 0.25) is 0 Å². The highest BCUT2D eigenvalue weighted by Crippen LogP contribution is 2.11. The number of carbonyl (C=O) groups is 1. The van der Waals surface area contributed by atoms with Crippen molar-refractivity contribution in [2.45, 2.75) is 31.4 Å². The van der Waals surface area contributed by atoms with Crippen molar-refractivity contribution in [3.05, 3.63) is 35.4 Å². The molecule has 6 nitrogen and oxygen atoms in total. The summed E-state index contributed by atoms with van der Waals surface area (Å²) in [7, 11) is -3.49. The van der Waals surface area contributed by atoms with E-state index in [2.05, 4.69) is 4.72 Å². The Balaban J connectivity index is 2.41. The second-order valence-electron chi connectivity index (χ2n) is 4.63. The number of nitriles is 1. The Hall–Kier alpha value is -1.91. The SMILES string of the molecule is N#Cc1ccccc1CS(=O)(=O)NCCCCCC(=O)O. The molecule has 0 spiro atoms. The lowest BCUT2D eigenvalue weighted by Crippen LogP contribution is -2.26. The first-order valence-electron chi connectivity index (χ1n) is 6.62. The third kappa shape index (κ3) is 6.88. The summed E-state index contributed by atoms with van der Waals surface area (Å²) in [5, 5.41) is 17.4. The van der Waals surface area contributed by atoms with Crippen LogP contribution in [0.25, 0.3) is 0 Å². The minimum atomic E-state index is -3.49. The van der Waals surface area contributed by atoms with Crippen molar-refractivity contribution < 1.29 is 18.3 Å². The quantitative estimate of drug-likeness (QED) is 0.674. The van der Waals surface area contributed by atoms with Crippen molar-refractivity contribution in [3.63, 3.8) is 0 Å². The van der Waals surface area contributed by atoms with Gasteiger partial charge in [0.05, 0.1) is 17.4 Å². The highest BCUT2D eigenvalue weighted by Gasteiger charge is 2.13. The number of aliphatic carboxylic acids is 1. The van der Waals surface area contributed by atoms with E-state index in [1.807, 2.05) is 6.07 Å². The Morgan fingerprint density at radius 2 is 1.95 bits per heavy atom. The summed E-state index contributed by atoms with van der Waals surface area (Å²) in [5.74, 6) is -1.07. The lowest BCUT2D eigenvalue weighted by molar-refractivity contribution is -0.137. The molecule has 0 bridgehead atoms. The molecule has 0 saturated heterocycles. The zero-order valence-corrected chi connectivity index (χ0v) is 12.4. The molecule has 0 amide bonds. The first-order valence-corrected chi connectivity index (χ1v) is 8.27. The minimum absolute atomic E-state index is 0.0995. The van der Waals surface area contributed by atoms with Gasteiger partial charge in [-0.3, -0.25) is 4.79 Å². The molecule has 114 valence electrons. The Kier molecular flexibility index (Phi) is 6.85. The average Bonchev–Trinajstić information content (AvgIpc) is 2.42. The number of nitrogens with one attached hydrogen (secondary N) is 1. The third-order valence-corrected chi connectivity index (χ3v) is 4.21. The van der Waals surface area contributed by atoms with Gasteiger partial charge < -0.3 is 5.11 Å². The Bertz CT molecular complexity index is 620. The smallest absolute Gasteiger partial charge is 0.303 e. The number of rotatable bonds is 9. The Morgan fingerprint density at radius 3 is 2.62 bits per heavy atom. The molecule has 0 aliphatic carbocycles. The van der Waals surface area contributed by atoms with E-state index in [1.54, 1.807) is 24.3 Å². The lowest BCUT2D eigenvalue weighted by Gasteiger charge is -2.07. The predicted octanol–water partition coefficient (Wildman–Crippen LogP) is 1.62. The fourth-order valence-corrected chi connectivity index (χ4v) is 3.04. The number of nitrogens with zero attached hydrogens (tertiary/aromatic N) is 1. The van der Waals surface area contributed by atoms with E-state index < -0.39 is 16.0 Å². The fraction of sp³-hybridized carbons (Fsp3) is 0.429. The van der Waals surface area contributed by atoms with Crippen LogP contribution in [0.15, 0.2) is 24.3 Å². The zero-order chi connectivity index (χ0) is 15.7. The molecule has 0 atom stereocenters.